The van der Waals surface area contributed by atoms with Crippen LogP contribution in [0, 0.1) is 12.8 Å². The van der Waals surface area contributed by atoms with Gasteiger partial charge in [0, 0.05) is 25.6 Å². The molecule has 2 aliphatic heterocycles. The van der Waals surface area contributed by atoms with Gasteiger partial charge in [-0.15, -0.1) is 0 Å². The molecule has 3 heteroatoms. The lowest BCUT2D eigenvalue weighted by molar-refractivity contribution is -0.138. The molecule has 2 aromatic rings. The third-order valence-electron chi connectivity index (χ3n) is 5.91. The maximum Gasteiger partial charge on any atom is 0.226 e. The number of likely N-dealkylation sites (tertiary alicyclic amines) is 1. The number of hydrogen-bond acceptors (Lipinski definition) is 2. The molecule has 0 aromatic heterocycles. The van der Waals surface area contributed by atoms with Crippen molar-refractivity contribution in [3.63, 3.8) is 0 Å². The summed E-state index contributed by atoms with van der Waals surface area (Å²) in [7, 11) is 0. The molecular formula is C23H28N2O. The van der Waals surface area contributed by atoms with E-state index < -0.39 is 0 Å². The van der Waals surface area contributed by atoms with E-state index >= 15 is 0 Å². The fourth-order valence-corrected chi connectivity index (χ4v) is 4.23. The molecule has 0 unspecified atom stereocenters. The van der Waals surface area contributed by atoms with E-state index in [0.29, 0.717) is 5.91 Å². The van der Waals surface area contributed by atoms with Crippen LogP contribution < -0.4 is 0 Å². The number of fused-ring (bicyclic) bond motifs is 1. The Balaban J connectivity index is 1.30. The summed E-state index contributed by atoms with van der Waals surface area (Å²) < 4.78 is 0. The fraction of sp³-hybridized carbons (Fsp3) is 0.435. The number of carbonyl (C=O) groups excluding carboxylic acids is 1. The van der Waals surface area contributed by atoms with Gasteiger partial charge in [0.2, 0.25) is 5.91 Å². The maximum atomic E-state index is 13.0. The molecule has 0 atom stereocenters. The minimum Gasteiger partial charge on any atom is -0.338 e. The summed E-state index contributed by atoms with van der Waals surface area (Å²) in [4.78, 5) is 17.5. The van der Waals surface area contributed by atoms with Gasteiger partial charge in [0.05, 0.1) is 0 Å². The molecule has 0 N–H and O–H groups in total. The Morgan fingerprint density at radius 2 is 1.65 bits per heavy atom. The zero-order valence-electron chi connectivity index (χ0n) is 15.7. The second-order valence-corrected chi connectivity index (χ2v) is 7.81. The van der Waals surface area contributed by atoms with E-state index in [1.165, 1.54) is 22.3 Å². The topological polar surface area (TPSA) is 23.6 Å². The standard InChI is InChI=1S/C23H28N2O/c1-18-6-8-19(9-7-18)16-24-13-10-21(11-14-24)23(26)25-15-12-20-4-2-3-5-22(20)17-25/h2-9,21H,10-17H2,1H3. The van der Waals surface area contributed by atoms with Crippen molar-refractivity contribution in [2.75, 3.05) is 19.6 Å². The van der Waals surface area contributed by atoms with Crippen LogP contribution in [-0.2, 0) is 24.3 Å². The molecule has 1 saturated heterocycles. The molecular weight excluding hydrogens is 320 g/mol. The summed E-state index contributed by atoms with van der Waals surface area (Å²) in [5.41, 5.74) is 5.41. The highest BCUT2D eigenvalue weighted by atomic mass is 16.2. The Hall–Kier alpha value is -2.13. The number of amides is 1. The molecule has 0 aliphatic carbocycles. The number of nitrogens with zero attached hydrogens (tertiary/aromatic N) is 2. The lowest BCUT2D eigenvalue weighted by Crippen LogP contribution is -2.44. The summed E-state index contributed by atoms with van der Waals surface area (Å²) >= 11 is 0. The van der Waals surface area contributed by atoms with Crippen LogP contribution in [0.4, 0.5) is 0 Å². The van der Waals surface area contributed by atoms with E-state index in [4.69, 9.17) is 0 Å². The number of hydrogen-bond donors (Lipinski definition) is 0. The van der Waals surface area contributed by atoms with Crippen molar-refractivity contribution in [3.8, 4) is 0 Å². The van der Waals surface area contributed by atoms with Gasteiger partial charge in [-0.2, -0.15) is 0 Å². The number of rotatable bonds is 3. The molecule has 0 saturated carbocycles. The van der Waals surface area contributed by atoms with E-state index in [-0.39, 0.29) is 5.92 Å². The number of piperidine rings is 1. The number of benzene rings is 2. The van der Waals surface area contributed by atoms with Gasteiger partial charge in [0.1, 0.15) is 0 Å². The van der Waals surface area contributed by atoms with Crippen LogP contribution in [0.25, 0.3) is 0 Å². The zero-order valence-corrected chi connectivity index (χ0v) is 15.7. The van der Waals surface area contributed by atoms with Crippen molar-refractivity contribution in [1.82, 2.24) is 9.80 Å². The van der Waals surface area contributed by atoms with Gasteiger partial charge in [0.15, 0.2) is 0 Å². The zero-order chi connectivity index (χ0) is 17.9. The average Bonchev–Trinajstić information content (AvgIpc) is 2.69. The van der Waals surface area contributed by atoms with Crippen molar-refractivity contribution >= 4 is 5.91 Å². The Morgan fingerprint density at radius 1 is 0.962 bits per heavy atom. The molecule has 26 heavy (non-hydrogen) atoms. The van der Waals surface area contributed by atoms with Gasteiger partial charge >= 0.3 is 0 Å². The predicted molar refractivity (Wildman–Crippen MR) is 105 cm³/mol. The van der Waals surface area contributed by atoms with Crippen molar-refractivity contribution in [3.05, 3.63) is 70.8 Å². The molecule has 4 rings (SSSR count). The van der Waals surface area contributed by atoms with Crippen molar-refractivity contribution < 1.29 is 4.79 Å². The van der Waals surface area contributed by atoms with Crippen LogP contribution in [0.3, 0.4) is 0 Å². The summed E-state index contributed by atoms with van der Waals surface area (Å²) in [5.74, 6) is 0.573. The Bertz CT molecular complexity index is 760. The predicted octanol–water partition coefficient (Wildman–Crippen LogP) is 3.79. The molecule has 3 nitrogen and oxygen atoms in total. The third-order valence-corrected chi connectivity index (χ3v) is 5.91. The Kier molecular flexibility index (Phi) is 5.07. The van der Waals surface area contributed by atoms with Gasteiger partial charge in [-0.25, -0.2) is 0 Å². The number of aryl methyl sites for hydroxylation is 1. The van der Waals surface area contributed by atoms with Crippen molar-refractivity contribution in [2.24, 2.45) is 5.92 Å². The summed E-state index contributed by atoms with van der Waals surface area (Å²) in [5, 5.41) is 0. The largest absolute Gasteiger partial charge is 0.338 e. The van der Waals surface area contributed by atoms with Gasteiger partial charge in [-0.1, -0.05) is 54.1 Å². The maximum absolute atomic E-state index is 13.0. The monoisotopic (exact) mass is 348 g/mol. The van der Waals surface area contributed by atoms with Crippen LogP contribution in [-0.4, -0.2) is 35.3 Å². The van der Waals surface area contributed by atoms with Gasteiger partial charge in [-0.3, -0.25) is 9.69 Å². The minimum absolute atomic E-state index is 0.203. The van der Waals surface area contributed by atoms with Gasteiger partial charge < -0.3 is 4.90 Å². The van der Waals surface area contributed by atoms with E-state index in [1.807, 2.05) is 0 Å². The van der Waals surface area contributed by atoms with Gasteiger partial charge in [-0.05, 0) is 56.0 Å². The first-order chi connectivity index (χ1) is 12.7. The fourth-order valence-electron chi connectivity index (χ4n) is 4.23. The second kappa shape index (κ2) is 7.63. The van der Waals surface area contributed by atoms with Crippen LogP contribution in [0.5, 0.6) is 0 Å². The molecule has 1 amide bonds. The Labute approximate surface area is 156 Å². The summed E-state index contributed by atoms with van der Waals surface area (Å²) in [6, 6.07) is 17.3. The molecule has 136 valence electrons. The first kappa shape index (κ1) is 17.3. The van der Waals surface area contributed by atoms with Crippen molar-refractivity contribution in [2.45, 2.75) is 39.3 Å². The van der Waals surface area contributed by atoms with E-state index in [2.05, 4.69) is 65.3 Å². The third kappa shape index (κ3) is 3.83. The molecule has 2 aliphatic rings. The van der Waals surface area contributed by atoms with E-state index in [0.717, 1.165) is 52.0 Å². The highest BCUT2D eigenvalue weighted by Crippen LogP contribution is 2.25. The molecule has 2 aromatic carbocycles. The highest BCUT2D eigenvalue weighted by Gasteiger charge is 2.30. The smallest absolute Gasteiger partial charge is 0.226 e. The second-order valence-electron chi connectivity index (χ2n) is 7.81. The molecule has 1 fully saturated rings. The minimum atomic E-state index is 0.203. The van der Waals surface area contributed by atoms with Gasteiger partial charge in [0.25, 0.3) is 0 Å². The first-order valence-corrected chi connectivity index (χ1v) is 9.82. The van der Waals surface area contributed by atoms with Crippen LogP contribution in [0.2, 0.25) is 0 Å². The quantitative estimate of drug-likeness (QED) is 0.842. The normalized spacial score (nSPS) is 18.6. The van der Waals surface area contributed by atoms with E-state index in [9.17, 15) is 4.79 Å². The Morgan fingerprint density at radius 3 is 2.38 bits per heavy atom. The highest BCUT2D eigenvalue weighted by molar-refractivity contribution is 5.79. The summed E-state index contributed by atoms with van der Waals surface area (Å²) in [6.45, 7) is 6.83. The SMILES string of the molecule is Cc1ccc(CN2CCC(C(=O)N3CCc4ccccc4C3)CC2)cc1. The lowest BCUT2D eigenvalue weighted by atomic mass is 9.93. The average molecular weight is 348 g/mol. The van der Waals surface area contributed by atoms with Crippen molar-refractivity contribution in [1.29, 1.82) is 0 Å². The molecule has 2 heterocycles. The summed E-state index contributed by atoms with van der Waals surface area (Å²) in [6.07, 6.45) is 2.97. The first-order valence-electron chi connectivity index (χ1n) is 9.82. The molecule has 0 bridgehead atoms. The van der Waals surface area contributed by atoms with E-state index in [1.54, 1.807) is 0 Å². The molecule has 0 spiro atoms. The number of carbonyl (C=O) groups is 1. The molecule has 0 radical (unpaired) electrons. The van der Waals surface area contributed by atoms with Crippen LogP contribution >= 0.6 is 0 Å². The lowest BCUT2D eigenvalue weighted by Gasteiger charge is -2.36. The van der Waals surface area contributed by atoms with Crippen LogP contribution in [0.1, 0.15) is 35.1 Å². The van der Waals surface area contributed by atoms with Crippen LogP contribution in [0.15, 0.2) is 48.5 Å².